The van der Waals surface area contributed by atoms with Crippen LogP contribution in [0.2, 0.25) is 0 Å². The average Bonchev–Trinajstić information content (AvgIpc) is 2.64. The molecular weight excluding hydrogens is 212 g/mol. The van der Waals surface area contributed by atoms with Crippen molar-refractivity contribution in [3.63, 3.8) is 0 Å². The second-order valence-electron chi connectivity index (χ2n) is 4.29. The maximum absolute atomic E-state index is 10.9. The molecule has 2 aliphatic rings. The molecule has 2 fully saturated rings. The molecule has 0 aromatic carbocycles. The van der Waals surface area contributed by atoms with E-state index in [9.17, 15) is 4.79 Å². The Morgan fingerprint density at radius 3 is 3.07 bits per heavy atom. The number of carboxylic acid groups (broad SMARTS) is 1. The van der Waals surface area contributed by atoms with Crippen molar-refractivity contribution in [2.75, 3.05) is 18.8 Å². The Labute approximate surface area is 94.2 Å². The Balaban J connectivity index is 2.09. The largest absolute Gasteiger partial charge is 0.480 e. The van der Waals surface area contributed by atoms with Crippen LogP contribution in [0.1, 0.15) is 19.8 Å². The maximum atomic E-state index is 10.9. The standard InChI is InChI=1S/C10H18N2O2S/c1-2-7-5-11-4-3-10(7)12-8(6-15-10)9(13)14/h7-8,11-12H,2-6H2,1H3,(H,13,14). The second kappa shape index (κ2) is 4.31. The quantitative estimate of drug-likeness (QED) is 0.644. The van der Waals surface area contributed by atoms with Crippen LogP contribution < -0.4 is 10.6 Å². The lowest BCUT2D eigenvalue weighted by Crippen LogP contribution is -2.56. The van der Waals surface area contributed by atoms with Crippen LogP contribution in [-0.2, 0) is 4.79 Å². The van der Waals surface area contributed by atoms with Crippen LogP contribution in [-0.4, -0.2) is 40.8 Å². The third-order valence-electron chi connectivity index (χ3n) is 3.44. The molecule has 0 aliphatic carbocycles. The molecule has 5 heteroatoms. The molecule has 3 atom stereocenters. The number of hydrogen-bond donors (Lipinski definition) is 3. The summed E-state index contributed by atoms with van der Waals surface area (Å²) in [6.07, 6.45) is 2.12. The Hall–Kier alpha value is -0.260. The molecule has 3 N–H and O–H groups in total. The van der Waals surface area contributed by atoms with Gasteiger partial charge in [-0.05, 0) is 25.3 Å². The van der Waals surface area contributed by atoms with Gasteiger partial charge in [0.15, 0.2) is 0 Å². The highest BCUT2D eigenvalue weighted by Crippen LogP contribution is 2.42. The Morgan fingerprint density at radius 2 is 2.47 bits per heavy atom. The first-order valence-corrected chi connectivity index (χ1v) is 6.51. The molecule has 4 nitrogen and oxygen atoms in total. The molecule has 15 heavy (non-hydrogen) atoms. The third-order valence-corrected chi connectivity index (χ3v) is 5.11. The van der Waals surface area contributed by atoms with Crippen LogP contribution in [0.25, 0.3) is 0 Å². The van der Waals surface area contributed by atoms with Crippen molar-refractivity contribution in [1.82, 2.24) is 10.6 Å². The Bertz CT molecular complexity index is 262. The van der Waals surface area contributed by atoms with Gasteiger partial charge in [-0.1, -0.05) is 6.92 Å². The molecule has 2 rings (SSSR count). The van der Waals surface area contributed by atoms with E-state index >= 15 is 0 Å². The lowest BCUT2D eigenvalue weighted by Gasteiger charge is -2.41. The number of piperidine rings is 1. The fraction of sp³-hybridized carbons (Fsp3) is 0.900. The van der Waals surface area contributed by atoms with E-state index in [1.54, 1.807) is 11.8 Å². The van der Waals surface area contributed by atoms with Gasteiger partial charge in [0.1, 0.15) is 6.04 Å². The molecular formula is C10H18N2O2S. The minimum Gasteiger partial charge on any atom is -0.480 e. The lowest BCUT2D eigenvalue weighted by atomic mass is 9.90. The van der Waals surface area contributed by atoms with Gasteiger partial charge in [-0.15, -0.1) is 11.8 Å². The third kappa shape index (κ3) is 2.00. The van der Waals surface area contributed by atoms with Gasteiger partial charge in [-0.2, -0.15) is 0 Å². The first-order valence-electron chi connectivity index (χ1n) is 5.53. The molecule has 0 aromatic heterocycles. The Kier molecular flexibility index (Phi) is 3.23. The minimum atomic E-state index is -0.715. The van der Waals surface area contributed by atoms with Crippen molar-refractivity contribution in [3.05, 3.63) is 0 Å². The zero-order valence-electron chi connectivity index (χ0n) is 8.95. The van der Waals surface area contributed by atoms with E-state index in [4.69, 9.17) is 5.11 Å². The Morgan fingerprint density at radius 1 is 1.67 bits per heavy atom. The highest BCUT2D eigenvalue weighted by atomic mass is 32.2. The summed E-state index contributed by atoms with van der Waals surface area (Å²) in [5.41, 5.74) is 0. The summed E-state index contributed by atoms with van der Waals surface area (Å²) in [6.45, 7) is 4.17. The number of rotatable bonds is 2. The predicted octanol–water partition coefficient (Wildman–Crippen LogP) is 0.492. The highest BCUT2D eigenvalue weighted by molar-refractivity contribution is 8.01. The van der Waals surface area contributed by atoms with E-state index in [0.717, 1.165) is 25.9 Å². The van der Waals surface area contributed by atoms with E-state index in [2.05, 4.69) is 17.6 Å². The van der Waals surface area contributed by atoms with Crippen molar-refractivity contribution >= 4 is 17.7 Å². The zero-order valence-corrected chi connectivity index (χ0v) is 9.77. The molecule has 2 aliphatic heterocycles. The summed E-state index contributed by atoms with van der Waals surface area (Å²) >= 11 is 1.80. The van der Waals surface area contributed by atoms with E-state index in [1.165, 1.54) is 0 Å². The van der Waals surface area contributed by atoms with Crippen molar-refractivity contribution in [2.45, 2.75) is 30.7 Å². The maximum Gasteiger partial charge on any atom is 0.321 e. The summed E-state index contributed by atoms with van der Waals surface area (Å²) in [5, 5.41) is 15.7. The summed E-state index contributed by atoms with van der Waals surface area (Å²) < 4.78 is 0. The monoisotopic (exact) mass is 230 g/mol. The van der Waals surface area contributed by atoms with Gasteiger partial charge in [0.2, 0.25) is 0 Å². The summed E-state index contributed by atoms with van der Waals surface area (Å²) in [5.74, 6) is 0.527. The van der Waals surface area contributed by atoms with Crippen molar-refractivity contribution in [3.8, 4) is 0 Å². The number of carboxylic acids is 1. The number of aliphatic carboxylic acids is 1. The summed E-state index contributed by atoms with van der Waals surface area (Å²) in [7, 11) is 0. The lowest BCUT2D eigenvalue weighted by molar-refractivity contribution is -0.139. The molecule has 3 unspecified atom stereocenters. The van der Waals surface area contributed by atoms with Gasteiger partial charge >= 0.3 is 5.97 Å². The minimum absolute atomic E-state index is 0.0169. The van der Waals surface area contributed by atoms with Gasteiger partial charge in [0.25, 0.3) is 0 Å². The van der Waals surface area contributed by atoms with Gasteiger partial charge in [-0.25, -0.2) is 0 Å². The van der Waals surface area contributed by atoms with Gasteiger partial charge in [0, 0.05) is 12.3 Å². The molecule has 0 bridgehead atoms. The fourth-order valence-corrected chi connectivity index (χ4v) is 4.16. The van der Waals surface area contributed by atoms with E-state index in [0.29, 0.717) is 11.7 Å². The van der Waals surface area contributed by atoms with E-state index in [-0.39, 0.29) is 10.9 Å². The molecule has 0 saturated carbocycles. The molecule has 2 heterocycles. The van der Waals surface area contributed by atoms with Crippen LogP contribution in [0, 0.1) is 5.92 Å². The first kappa shape index (κ1) is 11.2. The normalized spacial score (nSPS) is 40.9. The summed E-state index contributed by atoms with van der Waals surface area (Å²) in [4.78, 5) is 10.9. The molecule has 2 saturated heterocycles. The number of carbonyl (C=O) groups is 1. The van der Waals surface area contributed by atoms with E-state index in [1.807, 2.05) is 0 Å². The van der Waals surface area contributed by atoms with Crippen LogP contribution in [0.15, 0.2) is 0 Å². The van der Waals surface area contributed by atoms with Crippen molar-refractivity contribution in [2.24, 2.45) is 5.92 Å². The predicted molar refractivity (Wildman–Crippen MR) is 61.0 cm³/mol. The number of thioether (sulfide) groups is 1. The van der Waals surface area contributed by atoms with Crippen LogP contribution in [0.3, 0.4) is 0 Å². The summed E-state index contributed by atoms with van der Waals surface area (Å²) in [6, 6.07) is -0.359. The first-order chi connectivity index (χ1) is 7.18. The molecule has 1 spiro atoms. The molecule has 0 aromatic rings. The topological polar surface area (TPSA) is 61.4 Å². The molecule has 86 valence electrons. The van der Waals surface area contributed by atoms with Crippen molar-refractivity contribution in [1.29, 1.82) is 0 Å². The second-order valence-corrected chi connectivity index (χ2v) is 5.65. The van der Waals surface area contributed by atoms with E-state index < -0.39 is 5.97 Å². The zero-order chi connectivity index (χ0) is 10.9. The smallest absolute Gasteiger partial charge is 0.321 e. The SMILES string of the molecule is CCC1CNCCC12NC(C(=O)O)CS2. The fourth-order valence-electron chi connectivity index (χ4n) is 2.52. The number of hydrogen-bond acceptors (Lipinski definition) is 4. The van der Waals surface area contributed by atoms with Crippen LogP contribution in [0.4, 0.5) is 0 Å². The molecule has 0 amide bonds. The average molecular weight is 230 g/mol. The van der Waals surface area contributed by atoms with Crippen LogP contribution >= 0.6 is 11.8 Å². The highest BCUT2D eigenvalue weighted by Gasteiger charge is 2.47. The van der Waals surface area contributed by atoms with Crippen LogP contribution in [0.5, 0.6) is 0 Å². The molecule has 0 radical (unpaired) electrons. The van der Waals surface area contributed by atoms with Crippen molar-refractivity contribution < 1.29 is 9.90 Å². The van der Waals surface area contributed by atoms with Gasteiger partial charge in [0.05, 0.1) is 4.87 Å². The number of nitrogens with one attached hydrogen (secondary N) is 2. The van der Waals surface area contributed by atoms with Gasteiger partial charge < -0.3 is 10.4 Å². The van der Waals surface area contributed by atoms with Gasteiger partial charge in [-0.3, -0.25) is 10.1 Å².